The molecule has 3 N–H and O–H groups in total. The number of carbonyl (C=O) groups excluding carboxylic acids is 1. The van der Waals surface area contributed by atoms with Gasteiger partial charge in [0, 0.05) is 17.8 Å². The van der Waals surface area contributed by atoms with Gasteiger partial charge in [-0.25, -0.2) is 4.98 Å². The van der Waals surface area contributed by atoms with Crippen LogP contribution in [0.1, 0.15) is 16.1 Å². The molecular weight excluding hydrogens is 280 g/mol. The average Bonchev–Trinajstić information content (AvgIpc) is 2.35. The predicted molar refractivity (Wildman–Crippen MR) is 74.4 cm³/mol. The summed E-state index contributed by atoms with van der Waals surface area (Å²) < 4.78 is 0. The van der Waals surface area contributed by atoms with Crippen LogP contribution in [0.4, 0.5) is 0 Å². The predicted octanol–water partition coefficient (Wildman–Crippen LogP) is 1.46. The normalized spacial score (nSPS) is 10.4. The van der Waals surface area contributed by atoms with Crippen molar-refractivity contribution in [2.75, 3.05) is 5.75 Å². The largest absolute Gasteiger partial charge is 0.508 e. The second-order valence-corrected chi connectivity index (χ2v) is 5.07. The molecule has 0 atom stereocenters. The van der Waals surface area contributed by atoms with Crippen LogP contribution in [0.2, 0.25) is 0 Å². The van der Waals surface area contributed by atoms with Crippen LogP contribution in [0.5, 0.6) is 11.5 Å². The molecule has 7 heteroatoms. The summed E-state index contributed by atoms with van der Waals surface area (Å²) in [5, 5.41) is 19.1. The molecule has 0 radical (unpaired) electrons. The van der Waals surface area contributed by atoms with Crippen molar-refractivity contribution in [3.05, 3.63) is 45.9 Å². The van der Waals surface area contributed by atoms with Gasteiger partial charge in [0.15, 0.2) is 10.9 Å². The van der Waals surface area contributed by atoms with Crippen LogP contribution in [0.25, 0.3) is 0 Å². The Hall–Kier alpha value is -2.28. The highest BCUT2D eigenvalue weighted by Crippen LogP contribution is 2.24. The number of thioether (sulfide) groups is 1. The van der Waals surface area contributed by atoms with E-state index >= 15 is 0 Å². The van der Waals surface area contributed by atoms with Crippen LogP contribution in [0.15, 0.2) is 34.2 Å². The standard InChI is InChI=1S/C13H12N2O4S/c1-7-4-12(19)15-13(14-7)20-6-11(18)9-3-2-8(16)5-10(9)17/h2-5,16-17H,6H2,1H3,(H,14,15,19). The van der Waals surface area contributed by atoms with Crippen molar-refractivity contribution in [2.24, 2.45) is 0 Å². The molecule has 2 rings (SSSR count). The zero-order valence-electron chi connectivity index (χ0n) is 10.6. The molecule has 0 aliphatic carbocycles. The van der Waals surface area contributed by atoms with E-state index in [0.29, 0.717) is 10.9 Å². The number of phenols is 2. The zero-order valence-corrected chi connectivity index (χ0v) is 11.4. The van der Waals surface area contributed by atoms with Gasteiger partial charge in [0.2, 0.25) is 0 Å². The van der Waals surface area contributed by atoms with Crippen molar-refractivity contribution >= 4 is 17.5 Å². The third-order valence-electron chi connectivity index (χ3n) is 2.47. The number of Topliss-reactive ketones (excluding diaryl/α,β-unsaturated/α-hetero) is 1. The highest BCUT2D eigenvalue weighted by Gasteiger charge is 2.13. The van der Waals surface area contributed by atoms with Gasteiger partial charge in [0.05, 0.1) is 11.3 Å². The molecule has 0 fully saturated rings. The number of aromatic amines is 1. The van der Waals surface area contributed by atoms with Gasteiger partial charge in [-0.3, -0.25) is 9.59 Å². The molecule has 0 unspecified atom stereocenters. The SMILES string of the molecule is Cc1cc(=O)[nH]c(SCC(=O)c2ccc(O)cc2O)n1. The molecule has 0 saturated heterocycles. The van der Waals surface area contributed by atoms with E-state index in [1.807, 2.05) is 0 Å². The number of hydrogen-bond donors (Lipinski definition) is 3. The maximum atomic E-state index is 11.9. The summed E-state index contributed by atoms with van der Waals surface area (Å²) in [5.74, 6) is -0.695. The van der Waals surface area contributed by atoms with E-state index in [2.05, 4.69) is 9.97 Å². The van der Waals surface area contributed by atoms with Crippen LogP contribution in [-0.2, 0) is 0 Å². The first-order valence-corrected chi connectivity index (χ1v) is 6.70. The molecule has 0 spiro atoms. The van der Waals surface area contributed by atoms with E-state index < -0.39 is 0 Å². The summed E-state index contributed by atoms with van der Waals surface area (Å²) in [4.78, 5) is 29.8. The topological polar surface area (TPSA) is 103 Å². The number of aryl methyl sites for hydroxylation is 1. The molecule has 2 aromatic rings. The van der Waals surface area contributed by atoms with Gasteiger partial charge in [-0.05, 0) is 19.1 Å². The van der Waals surface area contributed by atoms with Crippen LogP contribution >= 0.6 is 11.8 Å². The van der Waals surface area contributed by atoms with E-state index in [1.165, 1.54) is 18.2 Å². The molecule has 20 heavy (non-hydrogen) atoms. The van der Waals surface area contributed by atoms with Crippen molar-refractivity contribution in [2.45, 2.75) is 12.1 Å². The molecule has 1 aromatic heterocycles. The lowest BCUT2D eigenvalue weighted by Gasteiger charge is -2.04. The molecule has 0 aliphatic heterocycles. The van der Waals surface area contributed by atoms with Crippen molar-refractivity contribution in [3.63, 3.8) is 0 Å². The van der Waals surface area contributed by atoms with Crippen LogP contribution < -0.4 is 5.56 Å². The fourth-order valence-corrected chi connectivity index (χ4v) is 2.39. The lowest BCUT2D eigenvalue weighted by Crippen LogP contribution is -2.10. The number of nitrogens with zero attached hydrogens (tertiary/aromatic N) is 1. The summed E-state index contributed by atoms with van der Waals surface area (Å²) in [6.07, 6.45) is 0. The highest BCUT2D eigenvalue weighted by atomic mass is 32.2. The number of H-pyrrole nitrogens is 1. The Morgan fingerprint density at radius 1 is 1.35 bits per heavy atom. The number of aromatic nitrogens is 2. The molecule has 1 heterocycles. The highest BCUT2D eigenvalue weighted by molar-refractivity contribution is 7.99. The minimum absolute atomic E-state index is 0.0186. The Bertz CT molecular complexity index is 712. The second kappa shape index (κ2) is 5.79. The van der Waals surface area contributed by atoms with E-state index in [1.54, 1.807) is 6.92 Å². The smallest absolute Gasteiger partial charge is 0.251 e. The minimum Gasteiger partial charge on any atom is -0.508 e. The monoisotopic (exact) mass is 292 g/mol. The maximum Gasteiger partial charge on any atom is 0.251 e. The number of hydrogen-bond acceptors (Lipinski definition) is 6. The molecular formula is C13H12N2O4S. The van der Waals surface area contributed by atoms with E-state index in [0.717, 1.165) is 17.8 Å². The number of benzene rings is 1. The third kappa shape index (κ3) is 3.39. The summed E-state index contributed by atoms with van der Waals surface area (Å²) in [7, 11) is 0. The molecule has 0 saturated carbocycles. The fourth-order valence-electron chi connectivity index (χ4n) is 1.59. The number of phenolic OH excluding ortho intramolecular Hbond substituents is 2. The number of rotatable bonds is 4. The number of ketones is 1. The first-order chi connectivity index (χ1) is 9.45. The number of aromatic hydroxyl groups is 2. The molecule has 104 valence electrons. The van der Waals surface area contributed by atoms with E-state index in [4.69, 9.17) is 5.11 Å². The first kappa shape index (κ1) is 14.1. The number of carbonyl (C=O) groups is 1. The Kier molecular flexibility index (Phi) is 4.09. The van der Waals surface area contributed by atoms with Gasteiger partial charge in [0.1, 0.15) is 11.5 Å². The molecule has 0 aliphatic rings. The lowest BCUT2D eigenvalue weighted by atomic mass is 10.1. The van der Waals surface area contributed by atoms with E-state index in [9.17, 15) is 14.7 Å². The molecule has 0 bridgehead atoms. The fraction of sp³-hybridized carbons (Fsp3) is 0.154. The second-order valence-electron chi connectivity index (χ2n) is 4.11. The summed E-state index contributed by atoms with van der Waals surface area (Å²) in [5.41, 5.74) is 0.404. The number of nitrogens with one attached hydrogen (secondary N) is 1. The average molecular weight is 292 g/mol. The third-order valence-corrected chi connectivity index (χ3v) is 3.34. The quantitative estimate of drug-likeness (QED) is 0.448. The van der Waals surface area contributed by atoms with Crippen LogP contribution in [-0.4, -0.2) is 31.7 Å². The van der Waals surface area contributed by atoms with Gasteiger partial charge in [0.25, 0.3) is 5.56 Å². The van der Waals surface area contributed by atoms with Crippen molar-refractivity contribution < 1.29 is 15.0 Å². The summed E-state index contributed by atoms with van der Waals surface area (Å²) in [6, 6.07) is 5.13. The zero-order chi connectivity index (χ0) is 14.7. The summed E-state index contributed by atoms with van der Waals surface area (Å²) in [6.45, 7) is 1.69. The van der Waals surface area contributed by atoms with Crippen LogP contribution in [0.3, 0.4) is 0 Å². The van der Waals surface area contributed by atoms with Gasteiger partial charge in [-0.2, -0.15) is 0 Å². The Balaban J connectivity index is 2.10. The Morgan fingerprint density at radius 3 is 2.75 bits per heavy atom. The van der Waals surface area contributed by atoms with Crippen molar-refractivity contribution in [1.82, 2.24) is 9.97 Å². The maximum absolute atomic E-state index is 11.9. The van der Waals surface area contributed by atoms with Crippen molar-refractivity contribution in [1.29, 1.82) is 0 Å². The lowest BCUT2D eigenvalue weighted by molar-refractivity contribution is 0.102. The van der Waals surface area contributed by atoms with Gasteiger partial charge in [-0.1, -0.05) is 11.8 Å². The molecule has 6 nitrogen and oxygen atoms in total. The first-order valence-electron chi connectivity index (χ1n) is 5.71. The van der Waals surface area contributed by atoms with Gasteiger partial charge in [-0.15, -0.1) is 0 Å². The van der Waals surface area contributed by atoms with Gasteiger partial charge >= 0.3 is 0 Å². The van der Waals surface area contributed by atoms with Crippen molar-refractivity contribution in [3.8, 4) is 11.5 Å². The molecule has 1 aromatic carbocycles. The van der Waals surface area contributed by atoms with Crippen LogP contribution in [0, 0.1) is 6.92 Å². The molecule has 0 amide bonds. The Morgan fingerprint density at radius 2 is 2.10 bits per heavy atom. The Labute approximate surface area is 118 Å². The van der Waals surface area contributed by atoms with Gasteiger partial charge < -0.3 is 15.2 Å². The summed E-state index contributed by atoms with van der Waals surface area (Å²) >= 11 is 1.07. The minimum atomic E-state index is -0.323. The van der Waals surface area contributed by atoms with E-state index in [-0.39, 0.29) is 34.2 Å².